The molecule has 1 heterocycles. The molecule has 8 heteroatoms. The van der Waals surface area contributed by atoms with E-state index in [4.69, 9.17) is 0 Å². The van der Waals surface area contributed by atoms with Gasteiger partial charge in [-0.1, -0.05) is 6.07 Å². The molecule has 1 aromatic heterocycles. The average Bonchev–Trinajstić information content (AvgIpc) is 2.82. The van der Waals surface area contributed by atoms with Crippen LogP contribution in [0.4, 0.5) is 15.8 Å². The standard InChI is InChI=1S/C12H11FN4O3/c1-8-2-3-9(13)4-11(8)15-12(18)7-16-6-10(5-14-16)17(19)20/h2-6H,7H2,1H3,(H,15,18). The van der Waals surface area contributed by atoms with E-state index in [1.165, 1.54) is 12.1 Å². The number of anilines is 1. The maximum atomic E-state index is 13.1. The third kappa shape index (κ3) is 3.16. The number of carbonyl (C=O) groups excluding carboxylic acids is 1. The first-order chi connectivity index (χ1) is 9.45. The van der Waals surface area contributed by atoms with E-state index < -0.39 is 16.6 Å². The summed E-state index contributed by atoms with van der Waals surface area (Å²) >= 11 is 0. The molecule has 1 aromatic carbocycles. The van der Waals surface area contributed by atoms with Crippen LogP contribution in [-0.4, -0.2) is 20.6 Å². The Hall–Kier alpha value is -2.77. The highest BCUT2D eigenvalue weighted by molar-refractivity contribution is 5.91. The minimum atomic E-state index is -0.599. The van der Waals surface area contributed by atoms with Crippen LogP contribution in [0.3, 0.4) is 0 Å². The lowest BCUT2D eigenvalue weighted by Gasteiger charge is -2.08. The Kier molecular flexibility index (Phi) is 3.74. The van der Waals surface area contributed by atoms with Gasteiger partial charge in [-0.3, -0.25) is 19.6 Å². The number of nitrogens with zero attached hydrogens (tertiary/aromatic N) is 3. The van der Waals surface area contributed by atoms with Gasteiger partial charge in [-0.15, -0.1) is 0 Å². The number of hydrogen-bond donors (Lipinski definition) is 1. The lowest BCUT2D eigenvalue weighted by atomic mass is 10.2. The summed E-state index contributed by atoms with van der Waals surface area (Å²) in [5.74, 6) is -0.905. The zero-order valence-electron chi connectivity index (χ0n) is 10.5. The van der Waals surface area contributed by atoms with Crippen molar-refractivity contribution in [3.8, 4) is 0 Å². The largest absolute Gasteiger partial charge is 0.324 e. The quantitative estimate of drug-likeness (QED) is 0.683. The molecule has 20 heavy (non-hydrogen) atoms. The molecular weight excluding hydrogens is 267 g/mol. The van der Waals surface area contributed by atoms with Crippen molar-refractivity contribution in [2.24, 2.45) is 0 Å². The summed E-state index contributed by atoms with van der Waals surface area (Å²) in [6.07, 6.45) is 2.21. The second-order valence-electron chi connectivity index (χ2n) is 4.16. The maximum absolute atomic E-state index is 13.1. The van der Waals surface area contributed by atoms with Gasteiger partial charge in [0.1, 0.15) is 24.8 Å². The predicted molar refractivity (Wildman–Crippen MR) is 68.6 cm³/mol. The van der Waals surface area contributed by atoms with Crippen LogP contribution in [0.2, 0.25) is 0 Å². The molecule has 0 fully saturated rings. The number of rotatable bonds is 4. The molecular formula is C12H11FN4O3. The molecule has 0 aliphatic carbocycles. The van der Waals surface area contributed by atoms with E-state index in [2.05, 4.69) is 10.4 Å². The summed E-state index contributed by atoms with van der Waals surface area (Å²) in [4.78, 5) is 21.6. The number of aromatic nitrogens is 2. The average molecular weight is 278 g/mol. The monoisotopic (exact) mass is 278 g/mol. The van der Waals surface area contributed by atoms with Crippen molar-refractivity contribution in [3.63, 3.8) is 0 Å². The van der Waals surface area contributed by atoms with E-state index in [9.17, 15) is 19.3 Å². The number of benzene rings is 1. The Bertz CT molecular complexity index is 668. The van der Waals surface area contributed by atoms with Gasteiger partial charge in [0, 0.05) is 5.69 Å². The van der Waals surface area contributed by atoms with E-state index in [1.807, 2.05) is 0 Å². The van der Waals surface area contributed by atoms with E-state index in [0.717, 1.165) is 17.1 Å². The first-order valence-corrected chi connectivity index (χ1v) is 5.68. The van der Waals surface area contributed by atoms with E-state index in [0.29, 0.717) is 11.3 Å². The molecule has 1 amide bonds. The summed E-state index contributed by atoms with van der Waals surface area (Å²) in [5, 5.41) is 16.7. The number of carbonyl (C=O) groups is 1. The van der Waals surface area contributed by atoms with Crippen LogP contribution in [0, 0.1) is 22.9 Å². The molecule has 0 spiro atoms. The molecule has 7 nitrogen and oxygen atoms in total. The topological polar surface area (TPSA) is 90.1 Å². The molecule has 0 saturated heterocycles. The number of halogens is 1. The minimum Gasteiger partial charge on any atom is -0.324 e. The molecule has 2 aromatic rings. The van der Waals surface area contributed by atoms with Crippen LogP contribution in [0.25, 0.3) is 0 Å². The number of nitrogens with one attached hydrogen (secondary N) is 1. The zero-order valence-corrected chi connectivity index (χ0v) is 10.5. The highest BCUT2D eigenvalue weighted by atomic mass is 19.1. The molecule has 0 aliphatic heterocycles. The summed E-state index contributed by atoms with van der Waals surface area (Å²) in [6.45, 7) is 1.54. The zero-order chi connectivity index (χ0) is 14.7. The van der Waals surface area contributed by atoms with Crippen molar-refractivity contribution in [2.45, 2.75) is 13.5 Å². The molecule has 1 N–H and O–H groups in total. The highest BCUT2D eigenvalue weighted by Gasteiger charge is 2.12. The number of aryl methyl sites for hydroxylation is 1. The van der Waals surface area contributed by atoms with Crippen molar-refractivity contribution in [3.05, 3.63) is 52.1 Å². The Morgan fingerprint density at radius 2 is 2.30 bits per heavy atom. The third-order valence-corrected chi connectivity index (χ3v) is 2.61. The number of amides is 1. The molecule has 104 valence electrons. The van der Waals surface area contributed by atoms with Gasteiger partial charge in [0.05, 0.1) is 4.92 Å². The van der Waals surface area contributed by atoms with Crippen molar-refractivity contribution in [2.75, 3.05) is 5.32 Å². The molecule has 0 saturated carbocycles. The van der Waals surface area contributed by atoms with Gasteiger partial charge >= 0.3 is 5.69 Å². The van der Waals surface area contributed by atoms with Crippen LogP contribution in [0.5, 0.6) is 0 Å². The normalized spacial score (nSPS) is 10.3. The summed E-state index contributed by atoms with van der Waals surface area (Å²) in [7, 11) is 0. The Labute approximate surface area is 113 Å². The van der Waals surface area contributed by atoms with Gasteiger partial charge in [-0.25, -0.2) is 4.39 Å². The van der Waals surface area contributed by atoms with Crippen LogP contribution >= 0.6 is 0 Å². The first-order valence-electron chi connectivity index (χ1n) is 5.68. The van der Waals surface area contributed by atoms with Crippen LogP contribution < -0.4 is 5.32 Å². The predicted octanol–water partition coefficient (Wildman–Crippen LogP) is 1.88. The fourth-order valence-corrected chi connectivity index (χ4v) is 1.60. The van der Waals surface area contributed by atoms with Gasteiger partial charge in [0.25, 0.3) is 0 Å². The van der Waals surface area contributed by atoms with Crippen molar-refractivity contribution < 1.29 is 14.1 Å². The van der Waals surface area contributed by atoms with Crippen molar-refractivity contribution >= 4 is 17.3 Å². The lowest BCUT2D eigenvalue weighted by molar-refractivity contribution is -0.385. The van der Waals surface area contributed by atoms with Crippen LogP contribution in [0.1, 0.15) is 5.56 Å². The lowest BCUT2D eigenvalue weighted by Crippen LogP contribution is -2.19. The van der Waals surface area contributed by atoms with Gasteiger partial charge in [-0.2, -0.15) is 5.10 Å². The molecule has 0 aliphatic rings. The Balaban J connectivity index is 2.05. The molecule has 0 unspecified atom stereocenters. The van der Waals surface area contributed by atoms with Crippen LogP contribution in [-0.2, 0) is 11.3 Å². The van der Waals surface area contributed by atoms with Gasteiger partial charge in [0.2, 0.25) is 5.91 Å². The number of hydrogen-bond acceptors (Lipinski definition) is 4. The van der Waals surface area contributed by atoms with E-state index in [-0.39, 0.29) is 12.2 Å². The van der Waals surface area contributed by atoms with Crippen molar-refractivity contribution in [1.82, 2.24) is 9.78 Å². The molecule has 0 bridgehead atoms. The minimum absolute atomic E-state index is 0.191. The Morgan fingerprint density at radius 3 is 2.95 bits per heavy atom. The first kappa shape index (κ1) is 13.7. The van der Waals surface area contributed by atoms with E-state index >= 15 is 0 Å². The smallest absolute Gasteiger partial charge is 0.307 e. The van der Waals surface area contributed by atoms with Crippen molar-refractivity contribution in [1.29, 1.82) is 0 Å². The summed E-state index contributed by atoms with van der Waals surface area (Å²) in [5.41, 5.74) is 0.877. The van der Waals surface area contributed by atoms with E-state index in [1.54, 1.807) is 13.0 Å². The Morgan fingerprint density at radius 1 is 1.55 bits per heavy atom. The second-order valence-corrected chi connectivity index (χ2v) is 4.16. The van der Waals surface area contributed by atoms with Gasteiger partial charge in [0.15, 0.2) is 0 Å². The number of nitro groups is 1. The second kappa shape index (κ2) is 5.47. The molecule has 0 atom stereocenters. The molecule has 2 rings (SSSR count). The van der Waals surface area contributed by atoms with Crippen LogP contribution in [0.15, 0.2) is 30.6 Å². The summed E-state index contributed by atoms with van der Waals surface area (Å²) < 4.78 is 14.2. The summed E-state index contributed by atoms with van der Waals surface area (Å²) in [6, 6.07) is 4.05. The van der Waals surface area contributed by atoms with Gasteiger partial charge in [-0.05, 0) is 24.6 Å². The third-order valence-electron chi connectivity index (χ3n) is 2.61. The molecule has 0 radical (unpaired) electrons. The SMILES string of the molecule is Cc1ccc(F)cc1NC(=O)Cn1cc([N+](=O)[O-])cn1. The highest BCUT2D eigenvalue weighted by Crippen LogP contribution is 2.16. The maximum Gasteiger partial charge on any atom is 0.307 e. The van der Waals surface area contributed by atoms with Gasteiger partial charge < -0.3 is 5.32 Å². The fourth-order valence-electron chi connectivity index (χ4n) is 1.60. The fraction of sp³-hybridized carbons (Fsp3) is 0.167.